The maximum absolute atomic E-state index is 15.9. The fourth-order valence-corrected chi connectivity index (χ4v) is 12.6. The van der Waals surface area contributed by atoms with Gasteiger partial charge in [0, 0.05) is 31.6 Å². The Kier molecular flexibility index (Phi) is 11.4. The van der Waals surface area contributed by atoms with E-state index in [0.717, 1.165) is 24.6 Å². The van der Waals surface area contributed by atoms with Crippen LogP contribution >= 0.6 is 0 Å². The zero-order valence-electron chi connectivity index (χ0n) is 32.3. The van der Waals surface area contributed by atoms with E-state index < -0.39 is 90.5 Å². The van der Waals surface area contributed by atoms with Gasteiger partial charge in [-0.2, -0.15) is 0 Å². The summed E-state index contributed by atoms with van der Waals surface area (Å²) in [6.45, 7) is 16.2. The van der Waals surface area contributed by atoms with Gasteiger partial charge < -0.3 is 33.6 Å². The van der Waals surface area contributed by atoms with Gasteiger partial charge in [-0.3, -0.25) is 14.4 Å². The summed E-state index contributed by atoms with van der Waals surface area (Å²) in [5.41, 5.74) is -5.80. The van der Waals surface area contributed by atoms with Crippen LogP contribution in [-0.4, -0.2) is 90.6 Å². The maximum atomic E-state index is 15.9. The topological polar surface area (TPSA) is 155 Å². The van der Waals surface area contributed by atoms with Crippen molar-refractivity contribution in [1.29, 1.82) is 0 Å². The molecule has 11 nitrogen and oxygen atoms in total. The minimum Gasteiger partial charge on any atom is -0.455 e. The number of ether oxygens (including phenoxy) is 4. The molecule has 4 aliphatic rings. The average molecular weight is 743 g/mol. The maximum Gasteiger partial charge on any atom is 0.338 e. The first-order chi connectivity index (χ1) is 24.4. The lowest BCUT2D eigenvalue weighted by Gasteiger charge is -2.68. The summed E-state index contributed by atoms with van der Waals surface area (Å²) >= 11 is 0. The highest BCUT2D eigenvalue weighted by Crippen LogP contribution is 2.65. The second-order valence-corrected chi connectivity index (χ2v) is 20.8. The summed E-state index contributed by atoms with van der Waals surface area (Å²) in [6.07, 6.45) is -4.69. The van der Waals surface area contributed by atoms with Gasteiger partial charge in [-0.15, -0.1) is 0 Å². The minimum atomic E-state index is -2.49. The van der Waals surface area contributed by atoms with Crippen molar-refractivity contribution in [2.45, 2.75) is 154 Å². The molecule has 288 valence electrons. The van der Waals surface area contributed by atoms with Crippen molar-refractivity contribution >= 4 is 32.0 Å². The van der Waals surface area contributed by atoms with Crippen LogP contribution in [0.2, 0.25) is 18.1 Å². The molecule has 2 bridgehead atoms. The van der Waals surface area contributed by atoms with E-state index in [0.29, 0.717) is 12.0 Å². The van der Waals surface area contributed by atoms with Crippen molar-refractivity contribution in [2.75, 3.05) is 6.61 Å². The molecule has 3 aliphatic carbocycles. The van der Waals surface area contributed by atoms with E-state index in [1.54, 1.807) is 58.0 Å². The fraction of sp³-hybridized carbons (Fsp3) is 0.700. The quantitative estimate of drug-likeness (QED) is 0.115. The van der Waals surface area contributed by atoms with E-state index in [1.807, 2.05) is 6.92 Å². The SMILES string of the molecule is CCCCC(=O)O[C@H]1C(=O)[C@]2(C)[C@@H](O[Si](CC)(CC)CC)C[C@H]3OC[C@@]3(OC(C)=O)[C@H]2[C@H](OC(=O)c2ccccc2)[C@]2(O)C[C@H](O)C(C)=C1C2(C)C. The van der Waals surface area contributed by atoms with Gasteiger partial charge in [0.1, 0.15) is 17.8 Å². The lowest BCUT2D eigenvalue weighted by atomic mass is 9.44. The standard InChI is InChI=1S/C40H58O11Si/c1-10-14-20-30(43)48-32-31-24(5)27(42)22-40(46,37(31,7)8)35(49-36(45)26-18-16-15-17-19-26)33-38(9,34(32)44)28(51-52(11-2,12-3)13-4)21-29-39(33,23-47-29)50-25(6)41/h15-19,27-29,32-33,35,42,46H,10-14,20-23H2,1-9H3/t27-,28-,29+,32+,33-,35-,38+,39-,40+/m0/s1. The van der Waals surface area contributed by atoms with Crippen LogP contribution in [0.15, 0.2) is 41.5 Å². The Hall–Kier alpha value is -2.90. The average Bonchev–Trinajstić information content (AvgIpc) is 3.10. The Morgan fingerprint density at radius 1 is 1.00 bits per heavy atom. The molecule has 0 unspecified atom stereocenters. The number of hydrogen-bond donors (Lipinski definition) is 2. The first-order valence-electron chi connectivity index (χ1n) is 19.0. The molecule has 0 radical (unpaired) electrons. The Morgan fingerprint density at radius 3 is 2.17 bits per heavy atom. The molecule has 1 aromatic rings. The highest BCUT2D eigenvalue weighted by atomic mass is 28.4. The van der Waals surface area contributed by atoms with Crippen molar-refractivity contribution in [3.05, 3.63) is 47.0 Å². The smallest absolute Gasteiger partial charge is 0.338 e. The number of carbonyl (C=O) groups excluding carboxylic acids is 4. The number of aliphatic hydroxyl groups is 2. The van der Waals surface area contributed by atoms with Crippen LogP contribution in [0.5, 0.6) is 0 Å². The van der Waals surface area contributed by atoms with Gasteiger partial charge in [-0.25, -0.2) is 4.79 Å². The molecule has 2 saturated carbocycles. The summed E-state index contributed by atoms with van der Waals surface area (Å²) in [5, 5.41) is 25.1. The molecule has 3 fully saturated rings. The molecule has 1 aliphatic heterocycles. The number of Topliss-reactive ketones (excluding diaryl/α,β-unsaturated/α-hetero) is 1. The highest BCUT2D eigenvalue weighted by molar-refractivity contribution is 6.73. The van der Waals surface area contributed by atoms with Crippen molar-refractivity contribution in [1.82, 2.24) is 0 Å². The largest absolute Gasteiger partial charge is 0.455 e. The van der Waals surface area contributed by atoms with Gasteiger partial charge in [-0.05, 0) is 61.7 Å². The zero-order valence-corrected chi connectivity index (χ0v) is 33.3. The van der Waals surface area contributed by atoms with Gasteiger partial charge in [0.2, 0.25) is 0 Å². The van der Waals surface area contributed by atoms with Crippen LogP contribution in [0.3, 0.4) is 0 Å². The lowest BCUT2D eigenvalue weighted by Crippen LogP contribution is -2.82. The predicted molar refractivity (Wildman–Crippen MR) is 195 cm³/mol. The molecular formula is C40H58O11Si. The summed E-state index contributed by atoms with van der Waals surface area (Å²) in [4.78, 5) is 56.7. The van der Waals surface area contributed by atoms with Crippen LogP contribution in [0, 0.1) is 16.7 Å². The second-order valence-electron chi connectivity index (χ2n) is 16.1. The molecule has 1 saturated heterocycles. The van der Waals surface area contributed by atoms with Crippen LogP contribution in [0.25, 0.3) is 0 Å². The molecular weight excluding hydrogens is 685 g/mol. The third-order valence-corrected chi connectivity index (χ3v) is 17.9. The highest BCUT2D eigenvalue weighted by Gasteiger charge is 2.78. The number of carbonyl (C=O) groups is 4. The van der Waals surface area contributed by atoms with E-state index in [1.165, 1.54) is 6.92 Å². The summed E-state index contributed by atoms with van der Waals surface area (Å²) in [7, 11) is -2.49. The second kappa shape index (κ2) is 14.7. The first-order valence-corrected chi connectivity index (χ1v) is 21.6. The first kappa shape index (κ1) is 40.3. The number of fused-ring (bicyclic) bond motifs is 5. The van der Waals surface area contributed by atoms with Crippen molar-refractivity contribution in [2.24, 2.45) is 16.7 Å². The number of benzene rings is 1. The summed E-state index contributed by atoms with van der Waals surface area (Å²) in [6, 6.07) is 10.6. The van der Waals surface area contributed by atoms with Gasteiger partial charge in [0.15, 0.2) is 25.8 Å². The van der Waals surface area contributed by atoms with Gasteiger partial charge in [-0.1, -0.05) is 66.2 Å². The Morgan fingerprint density at radius 2 is 1.63 bits per heavy atom. The zero-order chi connectivity index (χ0) is 38.4. The van der Waals surface area contributed by atoms with Crippen molar-refractivity contribution in [3.63, 3.8) is 0 Å². The summed E-state index contributed by atoms with van der Waals surface area (Å²) in [5.74, 6) is -3.74. The molecule has 1 aromatic carbocycles. The number of ketones is 1. The molecule has 5 rings (SSSR count). The van der Waals surface area contributed by atoms with Crippen LogP contribution < -0.4 is 0 Å². The Bertz CT molecular complexity index is 1560. The molecule has 2 N–H and O–H groups in total. The number of aliphatic hydroxyl groups excluding tert-OH is 1. The number of rotatable bonds is 12. The predicted octanol–water partition coefficient (Wildman–Crippen LogP) is 5.85. The lowest BCUT2D eigenvalue weighted by molar-refractivity contribution is -0.344. The van der Waals surface area contributed by atoms with Crippen LogP contribution in [0.1, 0.15) is 105 Å². The van der Waals surface area contributed by atoms with Crippen LogP contribution in [-0.2, 0) is 37.8 Å². The monoisotopic (exact) mass is 742 g/mol. The van der Waals surface area contributed by atoms with E-state index in [4.69, 9.17) is 23.4 Å². The van der Waals surface area contributed by atoms with Crippen LogP contribution in [0.4, 0.5) is 0 Å². The number of hydrogen-bond acceptors (Lipinski definition) is 11. The van der Waals surface area contributed by atoms with Crippen molar-refractivity contribution < 1.29 is 52.8 Å². The molecule has 0 amide bonds. The van der Waals surface area contributed by atoms with E-state index in [2.05, 4.69) is 20.8 Å². The van der Waals surface area contributed by atoms with E-state index in [9.17, 15) is 24.6 Å². The molecule has 52 heavy (non-hydrogen) atoms. The normalized spacial score (nSPS) is 35.2. The molecule has 1 heterocycles. The third-order valence-electron chi connectivity index (χ3n) is 13.2. The van der Waals surface area contributed by atoms with E-state index in [-0.39, 0.29) is 37.0 Å². The molecule has 9 atom stereocenters. The van der Waals surface area contributed by atoms with Crippen molar-refractivity contribution in [3.8, 4) is 0 Å². The number of unbranched alkanes of at least 4 members (excludes halogenated alkanes) is 1. The van der Waals surface area contributed by atoms with Gasteiger partial charge in [0.25, 0.3) is 0 Å². The van der Waals surface area contributed by atoms with Gasteiger partial charge in [0.05, 0.1) is 35.7 Å². The van der Waals surface area contributed by atoms with Gasteiger partial charge >= 0.3 is 17.9 Å². The minimum absolute atomic E-state index is 0.0715. The molecule has 0 spiro atoms. The number of esters is 3. The molecule has 12 heteroatoms. The Balaban J connectivity index is 1.87. The third kappa shape index (κ3) is 6.29. The molecule has 0 aromatic heterocycles. The van der Waals surface area contributed by atoms with E-state index >= 15 is 4.79 Å². The summed E-state index contributed by atoms with van der Waals surface area (Å²) < 4.78 is 32.4. The fourth-order valence-electron chi connectivity index (χ4n) is 9.70. The Labute approximate surface area is 308 Å².